The number of furan rings is 1. The molecule has 0 spiro atoms. The lowest BCUT2D eigenvalue weighted by molar-refractivity contribution is -0.113. The van der Waals surface area contributed by atoms with Gasteiger partial charge >= 0.3 is 0 Å². The number of thiazole rings is 1. The molecule has 3 heterocycles. The Hall–Kier alpha value is -3.70. The lowest BCUT2D eigenvalue weighted by Gasteiger charge is -2.08. The Balaban J connectivity index is 1.36. The molecule has 4 aromatic rings. The van der Waals surface area contributed by atoms with Gasteiger partial charge in [-0.15, -0.1) is 28.1 Å². The van der Waals surface area contributed by atoms with Gasteiger partial charge in [-0.2, -0.15) is 0 Å². The van der Waals surface area contributed by atoms with Crippen LogP contribution < -0.4 is 10.6 Å². The van der Waals surface area contributed by atoms with Crippen LogP contribution >= 0.6 is 23.1 Å². The van der Waals surface area contributed by atoms with Crippen molar-refractivity contribution in [3.05, 3.63) is 77.8 Å². The summed E-state index contributed by atoms with van der Waals surface area (Å²) in [4.78, 5) is 30.3. The van der Waals surface area contributed by atoms with Gasteiger partial charge in [0.25, 0.3) is 5.91 Å². The van der Waals surface area contributed by atoms with E-state index in [4.69, 9.17) is 4.42 Å². The summed E-state index contributed by atoms with van der Waals surface area (Å²) >= 11 is 2.69. The van der Waals surface area contributed by atoms with Crippen LogP contribution in [-0.2, 0) is 17.9 Å². The molecular weight excluding hydrogens is 472 g/mol. The van der Waals surface area contributed by atoms with E-state index in [2.05, 4.69) is 32.4 Å². The molecule has 2 amide bonds. The van der Waals surface area contributed by atoms with Crippen LogP contribution in [0, 0.1) is 6.92 Å². The Labute approximate surface area is 204 Å². The van der Waals surface area contributed by atoms with Crippen molar-refractivity contribution in [2.75, 3.05) is 11.1 Å². The number of amides is 2. The number of aromatic nitrogens is 4. The highest BCUT2D eigenvalue weighted by Crippen LogP contribution is 2.30. The topological polar surface area (TPSA) is 115 Å². The Morgan fingerprint density at radius 3 is 2.76 bits per heavy atom. The van der Waals surface area contributed by atoms with E-state index in [1.165, 1.54) is 29.4 Å². The maximum absolute atomic E-state index is 12.6. The van der Waals surface area contributed by atoms with E-state index in [0.29, 0.717) is 22.7 Å². The second-order valence-electron chi connectivity index (χ2n) is 7.08. The number of anilines is 1. The molecule has 11 heteroatoms. The number of carbonyl (C=O) groups excluding carboxylic acids is 2. The average molecular weight is 495 g/mol. The molecule has 0 fully saturated rings. The van der Waals surface area contributed by atoms with Crippen LogP contribution in [0.3, 0.4) is 0 Å². The summed E-state index contributed by atoms with van der Waals surface area (Å²) in [6.45, 7) is 6.35. The van der Waals surface area contributed by atoms with Crippen LogP contribution in [-0.4, -0.2) is 37.3 Å². The molecule has 0 bridgehead atoms. The molecular formula is C23H22N6O3S2. The summed E-state index contributed by atoms with van der Waals surface area (Å²) in [5.41, 5.74) is 1.87. The summed E-state index contributed by atoms with van der Waals surface area (Å²) < 4.78 is 6.89. The van der Waals surface area contributed by atoms with E-state index >= 15 is 0 Å². The third-order valence-corrected chi connectivity index (χ3v) is 6.53. The molecule has 0 saturated heterocycles. The molecule has 9 nitrogen and oxygen atoms in total. The van der Waals surface area contributed by atoms with Gasteiger partial charge in [-0.3, -0.25) is 9.59 Å². The SMILES string of the molecule is C=CCn1c(CNC(=O)c2ccco2)nnc1SCC(=O)Nc1nc(-c2ccccc2)c(C)s1. The highest BCUT2D eigenvalue weighted by atomic mass is 32.2. The third kappa shape index (κ3) is 5.61. The first kappa shape index (κ1) is 23.5. The molecule has 174 valence electrons. The van der Waals surface area contributed by atoms with Gasteiger partial charge in [-0.25, -0.2) is 4.98 Å². The highest BCUT2D eigenvalue weighted by Gasteiger charge is 2.17. The minimum atomic E-state index is -0.347. The number of benzene rings is 1. The maximum atomic E-state index is 12.6. The van der Waals surface area contributed by atoms with Crippen molar-refractivity contribution in [3.63, 3.8) is 0 Å². The summed E-state index contributed by atoms with van der Waals surface area (Å²) in [7, 11) is 0. The zero-order valence-electron chi connectivity index (χ0n) is 18.4. The summed E-state index contributed by atoms with van der Waals surface area (Å²) in [6.07, 6.45) is 3.14. The normalized spacial score (nSPS) is 10.7. The Morgan fingerprint density at radius 2 is 2.03 bits per heavy atom. The largest absolute Gasteiger partial charge is 0.459 e. The van der Waals surface area contributed by atoms with Gasteiger partial charge in [0.05, 0.1) is 24.3 Å². The van der Waals surface area contributed by atoms with Crippen molar-refractivity contribution in [3.8, 4) is 11.3 Å². The molecule has 1 aromatic carbocycles. The molecule has 0 unspecified atom stereocenters. The van der Waals surface area contributed by atoms with Crippen molar-refractivity contribution in [1.82, 2.24) is 25.1 Å². The van der Waals surface area contributed by atoms with Gasteiger partial charge in [-0.1, -0.05) is 48.2 Å². The molecule has 34 heavy (non-hydrogen) atoms. The summed E-state index contributed by atoms with van der Waals surface area (Å²) in [6, 6.07) is 13.1. The van der Waals surface area contributed by atoms with Crippen LogP contribution in [0.4, 0.5) is 5.13 Å². The van der Waals surface area contributed by atoms with E-state index in [1.54, 1.807) is 22.8 Å². The van der Waals surface area contributed by atoms with Crippen molar-refractivity contribution >= 4 is 40.0 Å². The van der Waals surface area contributed by atoms with Crippen molar-refractivity contribution in [2.24, 2.45) is 0 Å². The number of aryl methyl sites for hydroxylation is 1. The molecule has 0 atom stereocenters. The molecule has 0 radical (unpaired) electrons. The Kier molecular flexibility index (Phi) is 7.55. The summed E-state index contributed by atoms with van der Waals surface area (Å²) in [5.74, 6) is 0.354. The van der Waals surface area contributed by atoms with E-state index < -0.39 is 0 Å². The number of nitrogens with zero attached hydrogens (tertiary/aromatic N) is 4. The lowest BCUT2D eigenvalue weighted by atomic mass is 10.1. The van der Waals surface area contributed by atoms with Gasteiger partial charge in [0.1, 0.15) is 0 Å². The van der Waals surface area contributed by atoms with Gasteiger partial charge in [-0.05, 0) is 19.1 Å². The zero-order valence-corrected chi connectivity index (χ0v) is 20.0. The molecule has 0 aliphatic heterocycles. The number of carbonyl (C=O) groups is 2. The van der Waals surface area contributed by atoms with E-state index in [-0.39, 0.29) is 29.9 Å². The number of hydrogen-bond donors (Lipinski definition) is 2. The Bertz CT molecular complexity index is 1280. The highest BCUT2D eigenvalue weighted by molar-refractivity contribution is 7.99. The first-order valence-corrected chi connectivity index (χ1v) is 12.2. The first-order valence-electron chi connectivity index (χ1n) is 10.4. The van der Waals surface area contributed by atoms with Gasteiger partial charge in [0.15, 0.2) is 21.9 Å². The van der Waals surface area contributed by atoms with Gasteiger partial charge in [0, 0.05) is 17.0 Å². The fourth-order valence-corrected chi connectivity index (χ4v) is 4.74. The first-order chi connectivity index (χ1) is 16.5. The fourth-order valence-electron chi connectivity index (χ4n) is 3.12. The monoisotopic (exact) mass is 494 g/mol. The smallest absolute Gasteiger partial charge is 0.287 e. The van der Waals surface area contributed by atoms with Crippen LogP contribution in [0.1, 0.15) is 21.3 Å². The van der Waals surface area contributed by atoms with Crippen molar-refractivity contribution in [1.29, 1.82) is 0 Å². The van der Waals surface area contributed by atoms with Gasteiger partial charge in [0.2, 0.25) is 5.91 Å². The Morgan fingerprint density at radius 1 is 1.21 bits per heavy atom. The van der Waals surface area contributed by atoms with Gasteiger partial charge < -0.3 is 19.6 Å². The fraction of sp³-hybridized carbons (Fsp3) is 0.174. The second kappa shape index (κ2) is 10.9. The molecule has 0 saturated carbocycles. The molecule has 3 aromatic heterocycles. The van der Waals surface area contributed by atoms with E-state index in [9.17, 15) is 9.59 Å². The van der Waals surface area contributed by atoms with E-state index in [1.807, 2.05) is 37.3 Å². The minimum Gasteiger partial charge on any atom is -0.459 e. The molecule has 4 rings (SSSR count). The molecule has 2 N–H and O–H groups in total. The molecule has 0 aliphatic carbocycles. The number of hydrogen-bond acceptors (Lipinski definition) is 8. The average Bonchev–Trinajstić information content (AvgIpc) is 3.58. The van der Waals surface area contributed by atoms with Crippen LogP contribution in [0.2, 0.25) is 0 Å². The predicted octanol–water partition coefficient (Wildman–Crippen LogP) is 4.15. The summed E-state index contributed by atoms with van der Waals surface area (Å²) in [5, 5.41) is 15.0. The predicted molar refractivity (Wildman–Crippen MR) is 132 cm³/mol. The van der Waals surface area contributed by atoms with E-state index in [0.717, 1.165) is 16.1 Å². The number of thioether (sulfide) groups is 1. The van der Waals surface area contributed by atoms with Crippen LogP contribution in [0.15, 0.2) is 71.0 Å². The standard InChI is InChI=1S/C23H22N6O3S2/c1-3-11-29-18(13-24-21(31)17-10-7-12-32-17)27-28-23(29)33-14-19(30)25-22-26-20(15(2)34-22)16-8-5-4-6-9-16/h3-10,12H,1,11,13-14H2,2H3,(H,24,31)(H,25,26,30). The van der Waals surface area contributed by atoms with Crippen molar-refractivity contribution in [2.45, 2.75) is 25.2 Å². The lowest BCUT2D eigenvalue weighted by Crippen LogP contribution is -2.24. The quantitative estimate of drug-likeness (QED) is 0.251. The van der Waals surface area contributed by atoms with Crippen LogP contribution in [0.25, 0.3) is 11.3 Å². The number of rotatable bonds is 10. The minimum absolute atomic E-state index is 0.132. The zero-order chi connectivity index (χ0) is 23.9. The number of allylic oxidation sites excluding steroid dienone is 1. The number of nitrogens with one attached hydrogen (secondary N) is 2. The second-order valence-corrected chi connectivity index (χ2v) is 9.23. The van der Waals surface area contributed by atoms with Crippen molar-refractivity contribution < 1.29 is 14.0 Å². The third-order valence-electron chi connectivity index (χ3n) is 4.68. The maximum Gasteiger partial charge on any atom is 0.287 e. The molecule has 0 aliphatic rings. The van der Waals surface area contributed by atoms with Crippen LogP contribution in [0.5, 0.6) is 0 Å².